The third-order valence-electron chi connectivity index (χ3n) is 2.33. The van der Waals surface area contributed by atoms with Crippen molar-refractivity contribution >= 4 is 12.1 Å². The van der Waals surface area contributed by atoms with Crippen LogP contribution in [0.5, 0.6) is 5.88 Å². The molecule has 1 heterocycles. The molecule has 0 saturated carbocycles. The van der Waals surface area contributed by atoms with Crippen LogP contribution in [0.3, 0.4) is 0 Å². The minimum Gasteiger partial charge on any atom is -0.477 e. The number of carbonyl (C=O) groups excluding carboxylic acids is 1. The van der Waals surface area contributed by atoms with E-state index >= 15 is 0 Å². The summed E-state index contributed by atoms with van der Waals surface area (Å²) in [6.45, 7) is 10.2. The fourth-order valence-corrected chi connectivity index (χ4v) is 1.53. The van der Waals surface area contributed by atoms with Crippen LogP contribution in [0, 0.1) is 5.92 Å². The summed E-state index contributed by atoms with van der Waals surface area (Å²) in [6, 6.07) is 1.82. The molecule has 1 aromatic rings. The van der Waals surface area contributed by atoms with Crippen LogP contribution in [0.1, 0.15) is 34.6 Å². The Bertz CT molecular complexity index is 447. The fraction of sp³-hybridized carbons (Fsp3) is 0.571. The Balaban J connectivity index is 2.71. The molecule has 0 unspecified atom stereocenters. The monoisotopic (exact) mass is 265 g/mol. The van der Waals surface area contributed by atoms with Crippen LogP contribution >= 0.6 is 0 Å². The highest BCUT2D eigenvalue weighted by Gasteiger charge is 2.14. The number of rotatable bonds is 6. The molecule has 0 aliphatic heterocycles. The van der Waals surface area contributed by atoms with Gasteiger partial charge in [-0.1, -0.05) is 13.8 Å². The van der Waals surface area contributed by atoms with E-state index in [0.717, 1.165) is 0 Å². The highest BCUT2D eigenvalue weighted by atomic mass is 16.5. The number of aromatic nitrogens is 2. The summed E-state index contributed by atoms with van der Waals surface area (Å²) in [5, 5.41) is 7.01. The number of amides is 1. The second-order valence-electron chi connectivity index (χ2n) is 5.54. The summed E-state index contributed by atoms with van der Waals surface area (Å²) in [7, 11) is 0. The Kier molecular flexibility index (Phi) is 5.15. The van der Waals surface area contributed by atoms with Crippen molar-refractivity contribution in [3.05, 3.63) is 18.3 Å². The van der Waals surface area contributed by atoms with Crippen LogP contribution in [0.2, 0.25) is 0 Å². The Hall–Kier alpha value is -1.78. The Morgan fingerprint density at radius 2 is 2.26 bits per heavy atom. The van der Waals surface area contributed by atoms with Gasteiger partial charge >= 0.3 is 0 Å². The summed E-state index contributed by atoms with van der Waals surface area (Å²) >= 11 is 0. The molecule has 19 heavy (non-hydrogen) atoms. The van der Waals surface area contributed by atoms with Crippen molar-refractivity contribution in [2.45, 2.75) is 40.2 Å². The number of carbonyl (C=O) groups is 1. The predicted octanol–water partition coefficient (Wildman–Crippen LogP) is 2.30. The maximum Gasteiger partial charge on any atom is 0.217 e. The molecule has 0 radical (unpaired) electrons. The topological polar surface area (TPSA) is 56.2 Å². The molecule has 5 heteroatoms. The molecule has 0 aliphatic rings. The molecule has 0 bridgehead atoms. The molecular formula is C14H23N3O2. The van der Waals surface area contributed by atoms with Crippen molar-refractivity contribution in [1.82, 2.24) is 15.1 Å². The van der Waals surface area contributed by atoms with Gasteiger partial charge in [-0.15, -0.1) is 0 Å². The maximum atomic E-state index is 11.1. The molecule has 106 valence electrons. The molecule has 0 aliphatic carbocycles. The molecule has 1 rings (SSSR count). The number of hydrogen-bond acceptors (Lipinski definition) is 3. The number of ether oxygens (including phenoxy) is 1. The van der Waals surface area contributed by atoms with Crippen molar-refractivity contribution in [2.24, 2.45) is 5.92 Å². The van der Waals surface area contributed by atoms with E-state index in [1.54, 1.807) is 17.1 Å². The Labute approximate surface area is 114 Å². The summed E-state index contributed by atoms with van der Waals surface area (Å²) in [6.07, 6.45) is 5.36. The average Bonchev–Trinajstić information content (AvgIpc) is 2.69. The van der Waals surface area contributed by atoms with Crippen molar-refractivity contribution in [3.8, 4) is 5.88 Å². The molecule has 0 saturated heterocycles. The first-order chi connectivity index (χ1) is 8.80. The summed E-state index contributed by atoms with van der Waals surface area (Å²) in [5.74, 6) is 1.10. The molecular weight excluding hydrogens is 242 g/mol. The van der Waals surface area contributed by atoms with Gasteiger partial charge in [-0.3, -0.25) is 4.79 Å². The molecule has 1 amide bonds. The van der Waals surface area contributed by atoms with Gasteiger partial charge in [0.05, 0.1) is 18.3 Å². The number of hydrogen-bond donors (Lipinski definition) is 1. The second-order valence-corrected chi connectivity index (χ2v) is 5.54. The lowest BCUT2D eigenvalue weighted by atomic mass is 10.1. The third-order valence-corrected chi connectivity index (χ3v) is 2.33. The zero-order valence-electron chi connectivity index (χ0n) is 12.3. The van der Waals surface area contributed by atoms with Gasteiger partial charge in [-0.05, 0) is 25.8 Å². The second kappa shape index (κ2) is 6.41. The lowest BCUT2D eigenvalue weighted by molar-refractivity contribution is -0.120. The Morgan fingerprint density at radius 3 is 2.84 bits per heavy atom. The zero-order valence-corrected chi connectivity index (χ0v) is 12.3. The van der Waals surface area contributed by atoms with Crippen LogP contribution in [0.25, 0.3) is 6.20 Å². The molecule has 0 fully saturated rings. The van der Waals surface area contributed by atoms with Crippen LogP contribution < -0.4 is 10.1 Å². The highest BCUT2D eigenvalue weighted by molar-refractivity contribution is 5.74. The normalized spacial score (nSPS) is 12.1. The molecule has 1 N–H and O–H groups in total. The van der Waals surface area contributed by atoms with Gasteiger partial charge < -0.3 is 10.1 Å². The molecule has 0 spiro atoms. The van der Waals surface area contributed by atoms with Gasteiger partial charge in [-0.25, -0.2) is 4.68 Å². The minimum atomic E-state index is -0.424. The first kappa shape index (κ1) is 15.3. The first-order valence-corrected chi connectivity index (χ1v) is 6.44. The summed E-state index contributed by atoms with van der Waals surface area (Å²) in [5.41, 5.74) is -0.424. The van der Waals surface area contributed by atoms with E-state index in [4.69, 9.17) is 4.74 Å². The largest absolute Gasteiger partial charge is 0.477 e. The van der Waals surface area contributed by atoms with Crippen LogP contribution in [-0.4, -0.2) is 27.8 Å². The Morgan fingerprint density at radius 1 is 1.58 bits per heavy atom. The van der Waals surface area contributed by atoms with Gasteiger partial charge in [0, 0.05) is 19.2 Å². The summed E-state index contributed by atoms with van der Waals surface area (Å²) in [4.78, 5) is 11.1. The van der Waals surface area contributed by atoms with Crippen molar-refractivity contribution in [3.63, 3.8) is 0 Å². The predicted molar refractivity (Wildman–Crippen MR) is 75.8 cm³/mol. The van der Waals surface area contributed by atoms with E-state index in [1.165, 1.54) is 6.92 Å². The molecule has 0 atom stereocenters. The van der Waals surface area contributed by atoms with E-state index in [-0.39, 0.29) is 5.91 Å². The maximum absolute atomic E-state index is 11.1. The third kappa shape index (κ3) is 5.59. The lowest BCUT2D eigenvalue weighted by Crippen LogP contribution is -2.40. The smallest absolute Gasteiger partial charge is 0.217 e. The van der Waals surface area contributed by atoms with Crippen molar-refractivity contribution in [2.75, 3.05) is 6.61 Å². The van der Waals surface area contributed by atoms with Crippen molar-refractivity contribution in [1.29, 1.82) is 0 Å². The molecule has 0 aromatic carbocycles. The van der Waals surface area contributed by atoms with Gasteiger partial charge in [0.25, 0.3) is 0 Å². The van der Waals surface area contributed by atoms with Crippen LogP contribution in [0.15, 0.2) is 18.3 Å². The van der Waals surface area contributed by atoms with Crippen molar-refractivity contribution < 1.29 is 9.53 Å². The first-order valence-electron chi connectivity index (χ1n) is 6.44. The van der Waals surface area contributed by atoms with E-state index in [9.17, 15) is 4.79 Å². The van der Waals surface area contributed by atoms with Gasteiger partial charge in [0.1, 0.15) is 0 Å². The average molecular weight is 265 g/mol. The van der Waals surface area contributed by atoms with Crippen LogP contribution in [-0.2, 0) is 4.79 Å². The zero-order chi connectivity index (χ0) is 14.5. The number of nitrogens with zero attached hydrogens (tertiary/aromatic N) is 2. The van der Waals surface area contributed by atoms with Gasteiger partial charge in [-0.2, -0.15) is 5.10 Å². The fourth-order valence-electron chi connectivity index (χ4n) is 1.53. The molecule has 1 aromatic heterocycles. The van der Waals surface area contributed by atoms with Crippen LogP contribution in [0.4, 0.5) is 0 Å². The summed E-state index contributed by atoms with van der Waals surface area (Å²) < 4.78 is 7.31. The van der Waals surface area contributed by atoms with Gasteiger partial charge in [0.2, 0.25) is 11.8 Å². The quantitative estimate of drug-likeness (QED) is 0.858. The minimum absolute atomic E-state index is 0.0635. The van der Waals surface area contributed by atoms with E-state index in [0.29, 0.717) is 18.4 Å². The lowest BCUT2D eigenvalue weighted by Gasteiger charge is -2.21. The standard InChI is InChI=1S/C14H23N3O2/c1-11(2)10-19-13-6-8-15-17(13)9-7-14(4,5)16-12(3)18/h6-9,11H,10H2,1-5H3,(H,16,18)/b9-7+. The SMILES string of the molecule is CC(=O)NC(C)(C)/C=C/n1nccc1OCC(C)C. The van der Waals surface area contributed by atoms with E-state index in [2.05, 4.69) is 24.3 Å². The number of nitrogens with one attached hydrogen (secondary N) is 1. The van der Waals surface area contributed by atoms with Gasteiger partial charge in [0.15, 0.2) is 0 Å². The van der Waals surface area contributed by atoms with E-state index in [1.807, 2.05) is 26.0 Å². The highest BCUT2D eigenvalue weighted by Crippen LogP contribution is 2.13. The molecule has 5 nitrogen and oxygen atoms in total. The van der Waals surface area contributed by atoms with E-state index < -0.39 is 5.54 Å².